The van der Waals surface area contributed by atoms with Crippen molar-refractivity contribution in [2.24, 2.45) is 5.92 Å². The maximum atomic E-state index is 12.8. The van der Waals surface area contributed by atoms with Gasteiger partial charge in [-0.2, -0.15) is 28.2 Å². The van der Waals surface area contributed by atoms with Crippen molar-refractivity contribution in [3.05, 3.63) is 11.4 Å². The Morgan fingerprint density at radius 2 is 2.10 bits per heavy atom. The van der Waals surface area contributed by atoms with Crippen LogP contribution in [0.15, 0.2) is 0 Å². The molecule has 1 heterocycles. The predicted octanol–water partition coefficient (Wildman–Crippen LogP) is 1.75. The third-order valence-corrected chi connectivity index (χ3v) is 3.35. The van der Waals surface area contributed by atoms with E-state index in [4.69, 9.17) is 0 Å². The maximum Gasteiger partial charge on any atom is 0.408 e. The highest BCUT2D eigenvalue weighted by Crippen LogP contribution is 2.40. The van der Waals surface area contributed by atoms with Gasteiger partial charge in [-0.15, -0.1) is 0 Å². The second-order valence-electron chi connectivity index (χ2n) is 5.10. The first-order chi connectivity index (χ1) is 9.81. The monoisotopic (exact) mass is 305 g/mol. The van der Waals surface area contributed by atoms with E-state index in [0.717, 1.165) is 0 Å². The fraction of sp³-hybridized carbons (Fsp3) is 0.750. The van der Waals surface area contributed by atoms with Crippen molar-refractivity contribution in [1.29, 1.82) is 0 Å². The molecule has 118 valence electrons. The van der Waals surface area contributed by atoms with Gasteiger partial charge in [-0.25, -0.2) is 4.79 Å². The van der Waals surface area contributed by atoms with Crippen LogP contribution in [0.25, 0.3) is 0 Å². The fourth-order valence-corrected chi connectivity index (χ4v) is 2.02. The van der Waals surface area contributed by atoms with E-state index in [9.17, 15) is 18.0 Å². The van der Waals surface area contributed by atoms with Crippen LogP contribution in [0.3, 0.4) is 0 Å². The molecule has 2 amide bonds. The van der Waals surface area contributed by atoms with E-state index >= 15 is 0 Å². The van der Waals surface area contributed by atoms with E-state index in [-0.39, 0.29) is 6.54 Å². The number of rotatable bonds is 5. The van der Waals surface area contributed by atoms with Crippen LogP contribution in [0.1, 0.15) is 31.2 Å². The van der Waals surface area contributed by atoms with Gasteiger partial charge in [0.1, 0.15) is 11.7 Å². The number of nitrogens with zero attached hydrogens (tertiary/aromatic N) is 3. The number of aromatic nitrogens is 3. The summed E-state index contributed by atoms with van der Waals surface area (Å²) in [6, 6.07) is -2.61. The van der Waals surface area contributed by atoms with Gasteiger partial charge in [0.15, 0.2) is 0 Å². The summed E-state index contributed by atoms with van der Waals surface area (Å²) in [7, 11) is 0. The van der Waals surface area contributed by atoms with Crippen LogP contribution in [-0.2, 0) is 13.1 Å². The second-order valence-corrected chi connectivity index (χ2v) is 5.10. The van der Waals surface area contributed by atoms with E-state index in [1.165, 1.54) is 4.80 Å². The Kier molecular flexibility index (Phi) is 4.38. The Bertz CT molecular complexity index is 509. The van der Waals surface area contributed by atoms with Crippen LogP contribution in [0, 0.1) is 12.8 Å². The van der Waals surface area contributed by atoms with Gasteiger partial charge in [0.05, 0.1) is 18.8 Å². The summed E-state index contributed by atoms with van der Waals surface area (Å²) < 4.78 is 38.3. The van der Waals surface area contributed by atoms with Gasteiger partial charge in [-0.1, -0.05) is 0 Å². The Balaban J connectivity index is 1.87. The Morgan fingerprint density at radius 1 is 1.43 bits per heavy atom. The lowest BCUT2D eigenvalue weighted by Gasteiger charge is -2.21. The lowest BCUT2D eigenvalue weighted by molar-refractivity contribution is -0.157. The van der Waals surface area contributed by atoms with Gasteiger partial charge >= 0.3 is 12.2 Å². The largest absolute Gasteiger partial charge is 0.408 e. The van der Waals surface area contributed by atoms with Crippen LogP contribution < -0.4 is 10.6 Å². The number of amides is 2. The van der Waals surface area contributed by atoms with Crippen molar-refractivity contribution in [2.45, 2.75) is 52.0 Å². The predicted molar refractivity (Wildman–Crippen MR) is 68.4 cm³/mol. The topological polar surface area (TPSA) is 71.8 Å². The Morgan fingerprint density at radius 3 is 2.57 bits per heavy atom. The number of hydrogen-bond donors (Lipinski definition) is 2. The molecule has 21 heavy (non-hydrogen) atoms. The van der Waals surface area contributed by atoms with E-state index < -0.39 is 24.2 Å². The number of halogens is 3. The summed E-state index contributed by atoms with van der Waals surface area (Å²) in [6.07, 6.45) is -3.43. The van der Waals surface area contributed by atoms with E-state index in [1.807, 2.05) is 12.2 Å². The highest BCUT2D eigenvalue weighted by atomic mass is 19.4. The minimum Gasteiger partial charge on any atom is -0.332 e. The van der Waals surface area contributed by atoms with Gasteiger partial charge in [0.25, 0.3) is 0 Å². The zero-order valence-corrected chi connectivity index (χ0v) is 11.9. The highest BCUT2D eigenvalue weighted by Gasteiger charge is 2.49. The first kappa shape index (κ1) is 15.6. The molecule has 1 unspecified atom stereocenters. The van der Waals surface area contributed by atoms with Gasteiger partial charge in [-0.3, -0.25) is 0 Å². The molecule has 1 aromatic rings. The van der Waals surface area contributed by atoms with Gasteiger partial charge in [0, 0.05) is 0 Å². The molecule has 9 heteroatoms. The first-order valence-corrected chi connectivity index (χ1v) is 6.83. The lowest BCUT2D eigenvalue weighted by Crippen LogP contribution is -2.50. The minimum absolute atomic E-state index is 0.0485. The molecule has 1 atom stereocenters. The number of urea groups is 1. The molecule has 2 rings (SSSR count). The number of carbonyl (C=O) groups is 1. The zero-order valence-electron chi connectivity index (χ0n) is 11.9. The Labute approximate surface area is 120 Å². The molecular formula is C12H18F3N5O. The summed E-state index contributed by atoms with van der Waals surface area (Å²) in [5.74, 6) is -0.501. The summed E-state index contributed by atoms with van der Waals surface area (Å²) in [5, 5.41) is 12.6. The van der Waals surface area contributed by atoms with Crippen LogP contribution in [0.5, 0.6) is 0 Å². The normalized spacial score (nSPS) is 16.6. The summed E-state index contributed by atoms with van der Waals surface area (Å²) >= 11 is 0. The third kappa shape index (κ3) is 4.08. The molecule has 0 aromatic carbocycles. The molecule has 1 aromatic heterocycles. The van der Waals surface area contributed by atoms with Crippen molar-refractivity contribution in [1.82, 2.24) is 25.6 Å². The van der Waals surface area contributed by atoms with Crippen molar-refractivity contribution in [3.63, 3.8) is 0 Å². The maximum absolute atomic E-state index is 12.8. The molecule has 2 N–H and O–H groups in total. The molecule has 0 bridgehead atoms. The molecule has 6 nitrogen and oxygen atoms in total. The highest BCUT2D eigenvalue weighted by molar-refractivity contribution is 5.74. The zero-order chi connectivity index (χ0) is 15.6. The van der Waals surface area contributed by atoms with Crippen LogP contribution in [0.4, 0.5) is 18.0 Å². The molecule has 1 saturated carbocycles. The van der Waals surface area contributed by atoms with Gasteiger partial charge < -0.3 is 10.6 Å². The SMILES string of the molecule is CCn1nc(C)c(CNC(=O)NC(C2CC2)C(F)(F)F)n1. The number of nitrogens with one attached hydrogen (secondary N) is 2. The summed E-state index contributed by atoms with van der Waals surface area (Å²) in [6.45, 7) is 4.24. The summed E-state index contributed by atoms with van der Waals surface area (Å²) in [5.41, 5.74) is 1.19. The molecular weight excluding hydrogens is 287 g/mol. The number of alkyl halides is 3. The second kappa shape index (κ2) is 5.90. The molecule has 0 saturated heterocycles. The Hall–Kier alpha value is -1.80. The van der Waals surface area contributed by atoms with Crippen molar-refractivity contribution >= 4 is 6.03 Å². The standard InChI is InChI=1S/C12H18F3N5O/c1-3-20-18-7(2)9(19-20)6-16-11(21)17-10(8-4-5-8)12(13,14)15/h8,10H,3-6H2,1-2H3,(H2,16,17,21). The van der Waals surface area contributed by atoms with Gasteiger partial charge in [0.2, 0.25) is 0 Å². The molecule has 0 radical (unpaired) electrons. The summed E-state index contributed by atoms with van der Waals surface area (Å²) in [4.78, 5) is 13.1. The van der Waals surface area contributed by atoms with Crippen LogP contribution >= 0.6 is 0 Å². The van der Waals surface area contributed by atoms with Crippen molar-refractivity contribution in [2.75, 3.05) is 0 Å². The van der Waals surface area contributed by atoms with E-state index in [2.05, 4.69) is 15.5 Å². The molecule has 1 aliphatic carbocycles. The van der Waals surface area contributed by atoms with Gasteiger partial charge in [-0.05, 0) is 32.6 Å². The molecule has 1 aliphatic rings. The molecule has 0 aliphatic heterocycles. The average Bonchev–Trinajstić information content (AvgIpc) is 3.16. The van der Waals surface area contributed by atoms with Crippen LogP contribution in [0.2, 0.25) is 0 Å². The van der Waals surface area contributed by atoms with E-state index in [1.54, 1.807) is 6.92 Å². The number of hydrogen-bond acceptors (Lipinski definition) is 3. The van der Waals surface area contributed by atoms with E-state index in [0.29, 0.717) is 30.8 Å². The number of carbonyl (C=O) groups excluding carboxylic acids is 1. The smallest absolute Gasteiger partial charge is 0.332 e. The third-order valence-electron chi connectivity index (χ3n) is 3.35. The van der Waals surface area contributed by atoms with Crippen LogP contribution in [-0.4, -0.2) is 33.2 Å². The molecule has 1 fully saturated rings. The lowest BCUT2D eigenvalue weighted by atomic mass is 10.2. The number of aryl methyl sites for hydroxylation is 2. The van der Waals surface area contributed by atoms with Crippen molar-refractivity contribution in [3.8, 4) is 0 Å². The molecule has 0 spiro atoms. The van der Waals surface area contributed by atoms with Crippen molar-refractivity contribution < 1.29 is 18.0 Å². The first-order valence-electron chi connectivity index (χ1n) is 6.83. The fourth-order valence-electron chi connectivity index (χ4n) is 2.02. The average molecular weight is 305 g/mol. The quantitative estimate of drug-likeness (QED) is 0.870. The minimum atomic E-state index is -4.42.